The van der Waals surface area contributed by atoms with Gasteiger partial charge >= 0.3 is 0 Å². The van der Waals surface area contributed by atoms with Crippen molar-refractivity contribution < 1.29 is 4.92 Å². The number of anilines is 1. The van der Waals surface area contributed by atoms with Crippen molar-refractivity contribution in [1.82, 2.24) is 0 Å². The molecule has 0 radical (unpaired) electrons. The summed E-state index contributed by atoms with van der Waals surface area (Å²) >= 11 is 0. The lowest BCUT2D eigenvalue weighted by atomic mass is 9.88. The van der Waals surface area contributed by atoms with Gasteiger partial charge in [-0.05, 0) is 69.5 Å². The van der Waals surface area contributed by atoms with Crippen molar-refractivity contribution in [1.29, 1.82) is 0 Å². The average Bonchev–Trinajstić information content (AvgIpc) is 2.60. The number of likely N-dealkylation sites (N-methyl/N-ethyl adjacent to an activating group) is 1. The Morgan fingerprint density at radius 1 is 1.19 bits per heavy atom. The molecule has 0 N–H and O–H groups in total. The van der Waals surface area contributed by atoms with Crippen molar-refractivity contribution in [3.63, 3.8) is 0 Å². The van der Waals surface area contributed by atoms with E-state index in [1.807, 2.05) is 13.1 Å². The van der Waals surface area contributed by atoms with Crippen LogP contribution in [0.1, 0.15) is 44.4 Å². The highest BCUT2D eigenvalue weighted by Gasteiger charge is 2.29. The smallest absolute Gasteiger partial charge is 0.269 e. The first-order chi connectivity index (χ1) is 12.7. The van der Waals surface area contributed by atoms with E-state index in [0.29, 0.717) is 0 Å². The van der Waals surface area contributed by atoms with Crippen molar-refractivity contribution in [2.75, 3.05) is 11.4 Å². The molecule has 140 valence electrons. The predicted molar refractivity (Wildman–Crippen MR) is 112 cm³/mol. The maximum Gasteiger partial charge on any atom is 0.269 e. The monoisotopic (exact) mass is 363 g/mol. The predicted octanol–water partition coefficient (Wildman–Crippen LogP) is 5.68. The van der Waals surface area contributed by atoms with Crippen LogP contribution in [0.15, 0.2) is 47.5 Å². The van der Waals surface area contributed by atoms with E-state index in [-0.39, 0.29) is 16.1 Å². The fraction of sp³-hybridized carbons (Fsp3) is 0.318. The molecule has 0 saturated carbocycles. The first-order valence-electron chi connectivity index (χ1n) is 9.13. The van der Waals surface area contributed by atoms with Crippen LogP contribution in [0.25, 0.3) is 5.57 Å². The van der Waals surface area contributed by atoms with Gasteiger partial charge in [0.1, 0.15) is 0 Å². The fourth-order valence-electron chi connectivity index (χ4n) is 3.80. The second kappa shape index (κ2) is 6.99. The molecule has 0 spiro atoms. The van der Waals surface area contributed by atoms with E-state index in [1.165, 1.54) is 22.9 Å². The summed E-state index contributed by atoms with van der Waals surface area (Å²) in [5.74, 6) is 0. The largest absolute Gasteiger partial charge is 0.363 e. The zero-order valence-electron chi connectivity index (χ0n) is 16.5. The maximum atomic E-state index is 10.9. The number of benzene rings is 2. The third-order valence-corrected chi connectivity index (χ3v) is 5.06. The lowest BCUT2D eigenvalue weighted by Crippen LogP contribution is -2.44. The molecule has 5 nitrogen and oxygen atoms in total. The second-order valence-corrected chi connectivity index (χ2v) is 7.49. The van der Waals surface area contributed by atoms with Crippen LogP contribution in [0.2, 0.25) is 0 Å². The van der Waals surface area contributed by atoms with Gasteiger partial charge in [-0.15, -0.1) is 0 Å². The molecule has 1 heterocycles. The second-order valence-electron chi connectivity index (χ2n) is 7.49. The first-order valence-corrected chi connectivity index (χ1v) is 9.13. The van der Waals surface area contributed by atoms with Crippen LogP contribution in [0.4, 0.5) is 17.1 Å². The number of rotatable bonds is 4. The Balaban J connectivity index is 1.93. The molecule has 3 rings (SSSR count). The lowest BCUT2D eigenvalue weighted by molar-refractivity contribution is -0.384. The SMILES string of the molecule is CCN1c2ccc(C=Nc3ccc([N+](=O)[O-])cc3C)cc2C(C)=CC1(C)C. The number of nitrogens with zero attached hydrogens (tertiary/aromatic N) is 3. The molecule has 0 atom stereocenters. The molecule has 5 heteroatoms. The van der Waals surface area contributed by atoms with Crippen LogP contribution in [-0.2, 0) is 0 Å². The zero-order chi connectivity index (χ0) is 19.8. The summed E-state index contributed by atoms with van der Waals surface area (Å²) in [4.78, 5) is 17.4. The van der Waals surface area contributed by atoms with Gasteiger partial charge in [-0.25, -0.2) is 0 Å². The Labute approximate surface area is 160 Å². The Morgan fingerprint density at radius 2 is 1.93 bits per heavy atom. The van der Waals surface area contributed by atoms with Crippen molar-refractivity contribution in [2.24, 2.45) is 4.99 Å². The Morgan fingerprint density at radius 3 is 2.56 bits per heavy atom. The number of aliphatic imine (C=N–C) groups is 1. The summed E-state index contributed by atoms with van der Waals surface area (Å²) < 4.78 is 0. The normalized spacial score (nSPS) is 15.6. The Bertz CT molecular complexity index is 958. The van der Waals surface area contributed by atoms with Gasteiger partial charge in [0, 0.05) is 36.1 Å². The molecule has 2 aromatic rings. The summed E-state index contributed by atoms with van der Waals surface area (Å²) in [7, 11) is 0. The Kier molecular flexibility index (Phi) is 4.87. The number of hydrogen-bond donors (Lipinski definition) is 0. The first kappa shape index (κ1) is 18.8. The van der Waals surface area contributed by atoms with Crippen LogP contribution >= 0.6 is 0 Å². The van der Waals surface area contributed by atoms with Gasteiger partial charge in [0.25, 0.3) is 5.69 Å². The highest BCUT2D eigenvalue weighted by Crippen LogP contribution is 2.39. The number of fused-ring (bicyclic) bond motifs is 1. The molecular formula is C22H25N3O2. The van der Waals surface area contributed by atoms with Crippen LogP contribution in [0, 0.1) is 17.0 Å². The molecule has 2 aromatic carbocycles. The highest BCUT2D eigenvalue weighted by molar-refractivity contribution is 5.89. The molecule has 27 heavy (non-hydrogen) atoms. The van der Waals surface area contributed by atoms with Crippen LogP contribution in [0.5, 0.6) is 0 Å². The number of nitro benzene ring substituents is 1. The van der Waals surface area contributed by atoms with Crippen molar-refractivity contribution >= 4 is 28.8 Å². The minimum Gasteiger partial charge on any atom is -0.363 e. The van der Waals surface area contributed by atoms with E-state index in [4.69, 9.17) is 0 Å². The standard InChI is InChI=1S/C22H25N3O2/c1-6-24-21-10-7-17(12-19(21)16(3)13-22(24,4)5)14-23-20-9-8-18(25(26)27)11-15(20)2/h7-14H,6H2,1-5H3. The quantitative estimate of drug-likeness (QED) is 0.399. The van der Waals surface area contributed by atoms with E-state index in [0.717, 1.165) is 23.4 Å². The summed E-state index contributed by atoms with van der Waals surface area (Å²) in [5, 5.41) is 10.9. The third kappa shape index (κ3) is 3.63. The minimum atomic E-state index is -0.389. The third-order valence-electron chi connectivity index (χ3n) is 5.06. The number of allylic oxidation sites excluding steroid dienone is 1. The number of hydrogen-bond acceptors (Lipinski definition) is 4. The Hall–Kier alpha value is -2.95. The molecule has 0 bridgehead atoms. The molecule has 0 fully saturated rings. The van der Waals surface area contributed by atoms with Gasteiger partial charge in [-0.2, -0.15) is 0 Å². The topological polar surface area (TPSA) is 58.7 Å². The van der Waals surface area contributed by atoms with Gasteiger partial charge in [0.15, 0.2) is 0 Å². The number of aryl methyl sites for hydroxylation is 1. The van der Waals surface area contributed by atoms with Crippen molar-refractivity contribution in [3.8, 4) is 0 Å². The molecule has 1 aliphatic heterocycles. The number of nitro groups is 1. The van der Waals surface area contributed by atoms with Crippen LogP contribution in [0.3, 0.4) is 0 Å². The fourth-order valence-corrected chi connectivity index (χ4v) is 3.80. The maximum absolute atomic E-state index is 10.9. The average molecular weight is 363 g/mol. The number of non-ortho nitro benzene ring substituents is 1. The minimum absolute atomic E-state index is 0.00267. The van der Waals surface area contributed by atoms with Gasteiger partial charge in [0.05, 0.1) is 16.1 Å². The van der Waals surface area contributed by atoms with E-state index in [1.54, 1.807) is 12.1 Å². The van der Waals surface area contributed by atoms with Gasteiger partial charge in [0.2, 0.25) is 0 Å². The molecule has 1 aliphatic rings. The van der Waals surface area contributed by atoms with E-state index < -0.39 is 0 Å². The lowest BCUT2D eigenvalue weighted by Gasteiger charge is -2.42. The van der Waals surface area contributed by atoms with Crippen molar-refractivity contribution in [3.05, 3.63) is 69.3 Å². The molecule has 0 saturated heterocycles. The molecule has 0 unspecified atom stereocenters. The molecule has 0 aromatic heterocycles. The van der Waals surface area contributed by atoms with Crippen molar-refractivity contribution in [2.45, 2.75) is 40.2 Å². The highest BCUT2D eigenvalue weighted by atomic mass is 16.6. The molecular weight excluding hydrogens is 338 g/mol. The van der Waals surface area contributed by atoms with Gasteiger partial charge < -0.3 is 4.90 Å². The van der Waals surface area contributed by atoms with Gasteiger partial charge in [-0.1, -0.05) is 12.1 Å². The summed E-state index contributed by atoms with van der Waals surface area (Å²) in [5.41, 5.74) is 6.35. The van der Waals surface area contributed by atoms with E-state index in [9.17, 15) is 10.1 Å². The summed E-state index contributed by atoms with van der Waals surface area (Å²) in [6.07, 6.45) is 4.12. The van der Waals surface area contributed by atoms with Crippen LogP contribution < -0.4 is 4.90 Å². The molecule has 0 amide bonds. The zero-order valence-corrected chi connectivity index (χ0v) is 16.5. The van der Waals surface area contributed by atoms with Gasteiger partial charge in [-0.3, -0.25) is 15.1 Å². The van der Waals surface area contributed by atoms with E-state index >= 15 is 0 Å². The summed E-state index contributed by atoms with van der Waals surface area (Å²) in [6, 6.07) is 11.1. The van der Waals surface area contributed by atoms with Crippen LogP contribution in [-0.4, -0.2) is 23.2 Å². The summed E-state index contributed by atoms with van der Waals surface area (Å²) in [6.45, 7) is 11.6. The molecule has 0 aliphatic carbocycles. The van der Waals surface area contributed by atoms with E-state index in [2.05, 4.69) is 61.9 Å².